The maximum Gasteiger partial charge on any atom is 0.470 e. The summed E-state index contributed by atoms with van der Waals surface area (Å²) in [4.78, 5) is 119. The highest BCUT2D eigenvalue weighted by Crippen LogP contribution is 2.44. The molecule has 758 valence electrons. The van der Waals surface area contributed by atoms with E-state index in [4.69, 9.17) is 42.2 Å². The van der Waals surface area contributed by atoms with Crippen LogP contribution in [0.15, 0.2) is 12.2 Å². The molecule has 15 atom stereocenters. The minimum Gasteiger partial charge on any atom is -0.462 e. The van der Waals surface area contributed by atoms with Crippen molar-refractivity contribution in [2.75, 3.05) is 19.9 Å². The van der Waals surface area contributed by atoms with E-state index >= 15 is 4.79 Å². The van der Waals surface area contributed by atoms with Gasteiger partial charge >= 0.3 is 39.3 Å². The first-order chi connectivity index (χ1) is 62.3. The van der Waals surface area contributed by atoms with Crippen LogP contribution >= 0.6 is 15.4 Å². The molecule has 0 bridgehead atoms. The van der Waals surface area contributed by atoms with Gasteiger partial charge in [0.2, 0.25) is 11.8 Å². The number of unbranched alkanes of at least 4 members (excludes halogenated alkanes) is 53. The Morgan fingerprint density at radius 1 is 0.357 bits per heavy atom. The number of aliphatic hydroxyl groups is 4. The lowest BCUT2D eigenvalue weighted by atomic mass is 9.95. The van der Waals surface area contributed by atoms with Gasteiger partial charge in [-0.3, -0.25) is 42.4 Å². The second-order valence-electron chi connectivity index (χ2n) is 37.6. The SMILES string of the molecule is CCCCCC/C=C\CCCCCCCC(=O)O[C@H](CCCCCCCCCCC)CC(=O)NC1C(OCC2OC(OP(C)(=O)O)C(NC(=O)C[C@@H](CCCCCCCCCCC)OC(=O)CCCCCCCCCCCCCCC)C(OC(=O)C[C@H](O)CCCCCCCCCCC)C2O)OC(CO)C(OP(=O)(O)O)C1OC(=O)C[C@H](O)CCCCCCCCCCC. The van der Waals surface area contributed by atoms with Crippen molar-refractivity contribution in [3.05, 3.63) is 12.2 Å². The van der Waals surface area contributed by atoms with Crippen molar-refractivity contribution in [2.45, 2.75) is 577 Å². The van der Waals surface area contributed by atoms with Gasteiger partial charge in [-0.1, -0.05) is 388 Å². The van der Waals surface area contributed by atoms with E-state index in [0.29, 0.717) is 44.9 Å². The third-order valence-corrected chi connectivity index (χ3v) is 26.2. The van der Waals surface area contributed by atoms with E-state index in [1.54, 1.807) is 0 Å². The fourth-order valence-corrected chi connectivity index (χ4v) is 18.5. The van der Waals surface area contributed by atoms with Crippen molar-refractivity contribution < 1.29 is 115 Å². The normalized spacial score (nSPS) is 20.4. The molecule has 0 aromatic carbocycles. The smallest absolute Gasteiger partial charge is 0.462 e. The number of amides is 2. The number of rotatable bonds is 89. The van der Waals surface area contributed by atoms with Crippen LogP contribution in [0.3, 0.4) is 0 Å². The maximum absolute atomic E-state index is 15.1. The summed E-state index contributed by atoms with van der Waals surface area (Å²) in [5, 5.41) is 52.2. The topological polar surface area (TPSA) is 385 Å². The lowest BCUT2D eigenvalue weighted by Gasteiger charge is -2.47. The molecule has 28 heteroatoms. The van der Waals surface area contributed by atoms with E-state index in [1.165, 1.54) is 109 Å². The Hall–Kier alpha value is -3.46. The quantitative estimate of drug-likeness (QED) is 0.00898. The molecule has 2 heterocycles. The Bertz CT molecular complexity index is 2870. The predicted molar refractivity (Wildman–Crippen MR) is 512 cm³/mol. The molecular weight excluding hydrogens is 1690 g/mol. The molecule has 129 heavy (non-hydrogen) atoms. The number of phosphoric acid groups is 1. The van der Waals surface area contributed by atoms with Crippen molar-refractivity contribution in [1.82, 2.24) is 10.6 Å². The van der Waals surface area contributed by atoms with E-state index in [-0.39, 0.29) is 32.1 Å². The summed E-state index contributed by atoms with van der Waals surface area (Å²) in [7, 11) is -10.4. The van der Waals surface area contributed by atoms with E-state index in [9.17, 15) is 68.2 Å². The Labute approximate surface area is 781 Å². The molecule has 9 N–H and O–H groups in total. The van der Waals surface area contributed by atoms with Crippen molar-refractivity contribution in [3.63, 3.8) is 0 Å². The van der Waals surface area contributed by atoms with Crippen LogP contribution in [0.1, 0.15) is 491 Å². The molecule has 0 aromatic heterocycles. The lowest BCUT2D eigenvalue weighted by Crippen LogP contribution is -2.68. The summed E-state index contributed by atoms with van der Waals surface area (Å²) in [6, 6.07) is -3.68. The van der Waals surface area contributed by atoms with Crippen LogP contribution in [0.2, 0.25) is 0 Å². The van der Waals surface area contributed by atoms with Gasteiger partial charge in [0.25, 0.3) is 0 Å². The van der Waals surface area contributed by atoms with Crippen LogP contribution in [0.5, 0.6) is 0 Å². The number of phosphoric ester groups is 1. The zero-order valence-electron chi connectivity index (χ0n) is 82.1. The number of hydrogen-bond donors (Lipinski definition) is 9. The second-order valence-corrected chi connectivity index (χ2v) is 40.6. The Balaban J connectivity index is 2.78. The molecule has 2 aliphatic heterocycles. The third kappa shape index (κ3) is 66.6. The van der Waals surface area contributed by atoms with Crippen LogP contribution in [-0.4, -0.2) is 176 Å². The number of hydrogen-bond acceptors (Lipinski definition) is 21. The van der Waals surface area contributed by atoms with Gasteiger partial charge in [-0.2, -0.15) is 0 Å². The highest BCUT2D eigenvalue weighted by atomic mass is 31.2. The number of ether oxygens (including phenoxy) is 7. The van der Waals surface area contributed by atoms with Crippen LogP contribution in [0, 0.1) is 0 Å². The van der Waals surface area contributed by atoms with E-state index in [1.807, 2.05) is 0 Å². The Morgan fingerprint density at radius 3 is 0.984 bits per heavy atom. The van der Waals surface area contributed by atoms with Crippen molar-refractivity contribution in [1.29, 1.82) is 0 Å². The lowest BCUT2D eigenvalue weighted by molar-refractivity contribution is -0.296. The monoisotopic (exact) mass is 1880 g/mol. The van der Waals surface area contributed by atoms with Gasteiger partial charge in [-0.15, -0.1) is 0 Å². The minimum atomic E-state index is -5.63. The molecule has 0 aliphatic carbocycles. The molecule has 2 fully saturated rings. The molecule has 2 rings (SSSR count). The fraction of sp³-hybridized carbons (Fsp3) is 0.921. The van der Waals surface area contributed by atoms with Gasteiger partial charge in [0, 0.05) is 19.5 Å². The molecule has 0 aromatic rings. The molecule has 11 unspecified atom stereocenters. The summed E-state index contributed by atoms with van der Waals surface area (Å²) in [5.74, 6) is -4.78. The number of nitrogens with one attached hydrogen (secondary N) is 2. The Kier molecular flexibility index (Phi) is 76.0. The summed E-state index contributed by atoms with van der Waals surface area (Å²) in [6.07, 6.45) is 45.2. The van der Waals surface area contributed by atoms with Crippen LogP contribution in [0.4, 0.5) is 0 Å². The highest BCUT2D eigenvalue weighted by Gasteiger charge is 2.55. The molecule has 2 amide bonds. The van der Waals surface area contributed by atoms with Crippen LogP contribution < -0.4 is 10.6 Å². The number of esters is 4. The fourth-order valence-electron chi connectivity index (χ4n) is 17.4. The molecular formula is C101H190N2O24P2. The highest BCUT2D eigenvalue weighted by molar-refractivity contribution is 7.51. The number of carbonyl (C=O) groups excluding carboxylic acids is 6. The van der Waals surface area contributed by atoms with Gasteiger partial charge in [0.1, 0.15) is 48.7 Å². The van der Waals surface area contributed by atoms with E-state index in [2.05, 4.69) is 64.3 Å². The molecule has 0 spiro atoms. The summed E-state index contributed by atoms with van der Waals surface area (Å²) >= 11 is 0. The van der Waals surface area contributed by atoms with Crippen molar-refractivity contribution in [3.8, 4) is 0 Å². The molecule has 2 saturated heterocycles. The molecule has 0 radical (unpaired) electrons. The average molecular weight is 1880 g/mol. The van der Waals surface area contributed by atoms with Crippen LogP contribution in [0.25, 0.3) is 0 Å². The average Bonchev–Trinajstić information content (AvgIpc) is 0.777. The summed E-state index contributed by atoms with van der Waals surface area (Å²) in [6.45, 7) is 11.9. The number of carbonyl (C=O) groups is 6. The first kappa shape index (κ1) is 122. The van der Waals surface area contributed by atoms with Gasteiger partial charge in [-0.25, -0.2) is 4.57 Å². The summed E-state index contributed by atoms with van der Waals surface area (Å²) < 4.78 is 81.5. The largest absolute Gasteiger partial charge is 0.470 e. The number of allylic oxidation sites excluding steroid dienone is 2. The van der Waals surface area contributed by atoms with Gasteiger partial charge in [-0.05, 0) is 77.0 Å². The second kappa shape index (κ2) is 80.6. The number of aliphatic hydroxyl groups excluding tert-OH is 4. The standard InChI is InChI=1S/C101H190N2O24P2/c1-8-14-20-26-32-38-40-42-44-50-56-62-68-74-90(109)120-84(72-66-60-54-48-36-30-24-18-12-5)78-88(107)102-94-98(124-92(111)76-82(105)70-64-58-52-46-34-28-22-16-10-3)96(113)87(123-101(94)127-128(7,114)115)81-119-100-95(99(97(86(80-104)122-100)126-129(116,117)118)125-93(112)77-83(106)71-65-59-53-47-35-29-23-17-11-4)103-89(108)79-85(73-67-61-55-49-37-31-25-19-13-6)121-91(110)75-69-63-57-51-45-43-41-39-33-27-21-15-9-2/h39,41,82-87,94-101,104-106,113H,8-38,40,42-81H2,1-7H3,(H,102,107)(H,103,108)(H,114,115)(H2,116,117,118)/b41-39-/t82-,83-,84-,85-,86?,87?,94?,95?,96?,97?,98?,99?,100?,101?/m1/s1. The van der Waals surface area contributed by atoms with Crippen LogP contribution in [-0.2, 0) is 80.1 Å². The minimum absolute atomic E-state index is 0.0904. The molecule has 2 aliphatic rings. The van der Waals surface area contributed by atoms with Gasteiger partial charge < -0.3 is 78.9 Å². The molecule has 0 saturated carbocycles. The van der Waals surface area contributed by atoms with Gasteiger partial charge in [0.05, 0.1) is 51.1 Å². The van der Waals surface area contributed by atoms with Crippen molar-refractivity contribution in [2.24, 2.45) is 0 Å². The first-order valence-electron chi connectivity index (χ1n) is 52.6. The zero-order chi connectivity index (χ0) is 94.7. The molecule has 26 nitrogen and oxygen atoms in total. The first-order valence-corrected chi connectivity index (χ1v) is 56.2. The van der Waals surface area contributed by atoms with Gasteiger partial charge in [0.15, 0.2) is 24.8 Å². The predicted octanol–water partition coefficient (Wildman–Crippen LogP) is 23.4. The Morgan fingerprint density at radius 2 is 0.651 bits per heavy atom. The third-order valence-electron chi connectivity index (χ3n) is 25.1. The summed E-state index contributed by atoms with van der Waals surface area (Å²) in [5.41, 5.74) is 0. The zero-order valence-corrected chi connectivity index (χ0v) is 83.9. The van der Waals surface area contributed by atoms with E-state index < -0.39 is 176 Å². The van der Waals surface area contributed by atoms with Crippen molar-refractivity contribution >= 4 is 51.1 Å². The maximum atomic E-state index is 15.1. The van der Waals surface area contributed by atoms with E-state index in [0.717, 1.165) is 244 Å².